The van der Waals surface area contributed by atoms with Crippen LogP contribution in [0.3, 0.4) is 0 Å². The predicted octanol–water partition coefficient (Wildman–Crippen LogP) is 0.373. The third-order valence-electron chi connectivity index (χ3n) is 3.72. The molecule has 4 heteroatoms. The fourth-order valence-corrected chi connectivity index (χ4v) is 2.47. The van der Waals surface area contributed by atoms with Gasteiger partial charge in [-0.15, -0.1) is 0 Å². The van der Waals surface area contributed by atoms with Gasteiger partial charge in [0.05, 0.1) is 6.61 Å². The summed E-state index contributed by atoms with van der Waals surface area (Å²) in [5.74, 6) is 0. The highest BCUT2D eigenvalue weighted by atomic mass is 16.3. The summed E-state index contributed by atoms with van der Waals surface area (Å²) in [6.07, 6.45) is 3.62. The minimum atomic E-state index is 0.222. The van der Waals surface area contributed by atoms with E-state index >= 15 is 0 Å². The number of hydrogen-bond donors (Lipinski definition) is 2. The van der Waals surface area contributed by atoms with Crippen molar-refractivity contribution >= 4 is 0 Å². The highest BCUT2D eigenvalue weighted by molar-refractivity contribution is 4.79. The van der Waals surface area contributed by atoms with Gasteiger partial charge in [0.15, 0.2) is 0 Å². The second-order valence-electron chi connectivity index (χ2n) is 5.31. The highest BCUT2D eigenvalue weighted by Crippen LogP contribution is 2.14. The summed E-state index contributed by atoms with van der Waals surface area (Å²) in [7, 11) is 4.38. The number of likely N-dealkylation sites (N-methyl/N-ethyl adjacent to an activating group) is 1. The quantitative estimate of drug-likeness (QED) is 0.678. The minimum absolute atomic E-state index is 0.222. The summed E-state index contributed by atoms with van der Waals surface area (Å²) in [6.45, 7) is 6.72. The lowest BCUT2D eigenvalue weighted by atomic mass is 10.0. The maximum atomic E-state index is 9.34. The van der Waals surface area contributed by atoms with Gasteiger partial charge in [0, 0.05) is 18.6 Å². The second kappa shape index (κ2) is 8.03. The number of piperidine rings is 1. The van der Waals surface area contributed by atoms with Crippen molar-refractivity contribution < 1.29 is 5.11 Å². The third kappa shape index (κ3) is 5.34. The van der Waals surface area contributed by atoms with E-state index in [2.05, 4.69) is 36.1 Å². The van der Waals surface area contributed by atoms with Crippen molar-refractivity contribution in [2.45, 2.75) is 38.3 Å². The van der Waals surface area contributed by atoms with Gasteiger partial charge in [0.2, 0.25) is 0 Å². The molecule has 0 saturated carbocycles. The summed E-state index contributed by atoms with van der Waals surface area (Å²) in [5, 5.41) is 12.7. The average Bonchev–Trinajstić information content (AvgIpc) is 2.35. The molecule has 1 unspecified atom stereocenters. The lowest BCUT2D eigenvalue weighted by Crippen LogP contribution is -2.48. The van der Waals surface area contributed by atoms with E-state index in [0.29, 0.717) is 6.04 Å². The van der Waals surface area contributed by atoms with Gasteiger partial charge in [-0.25, -0.2) is 0 Å². The van der Waals surface area contributed by atoms with Crippen molar-refractivity contribution in [3.05, 3.63) is 0 Å². The van der Waals surface area contributed by atoms with E-state index in [1.165, 1.54) is 25.9 Å². The Hall–Kier alpha value is -0.160. The molecule has 102 valence electrons. The number of nitrogens with zero attached hydrogens (tertiary/aromatic N) is 2. The molecule has 2 N–H and O–H groups in total. The Morgan fingerprint density at radius 2 is 2.06 bits per heavy atom. The van der Waals surface area contributed by atoms with Crippen LogP contribution in [0.15, 0.2) is 0 Å². The normalized spacial score (nSPS) is 21.0. The first-order chi connectivity index (χ1) is 8.17. The topological polar surface area (TPSA) is 38.7 Å². The highest BCUT2D eigenvalue weighted by Gasteiger charge is 2.22. The van der Waals surface area contributed by atoms with Crippen molar-refractivity contribution in [2.75, 3.05) is 46.9 Å². The van der Waals surface area contributed by atoms with Crippen molar-refractivity contribution in [2.24, 2.45) is 0 Å². The Morgan fingerprint density at radius 3 is 2.59 bits per heavy atom. The SMILES string of the molecule is CCCNC(CO)CN(C)C1CCN(C)CC1. The van der Waals surface area contributed by atoms with Crippen LogP contribution in [0.25, 0.3) is 0 Å². The zero-order valence-electron chi connectivity index (χ0n) is 11.7. The van der Waals surface area contributed by atoms with Gasteiger partial charge in [-0.2, -0.15) is 0 Å². The molecule has 0 bridgehead atoms. The van der Waals surface area contributed by atoms with E-state index in [1.807, 2.05) is 0 Å². The molecule has 0 amide bonds. The van der Waals surface area contributed by atoms with Crippen LogP contribution in [-0.4, -0.2) is 73.9 Å². The van der Waals surface area contributed by atoms with Gasteiger partial charge < -0.3 is 20.2 Å². The van der Waals surface area contributed by atoms with E-state index in [1.54, 1.807) is 0 Å². The molecule has 0 aromatic carbocycles. The fourth-order valence-electron chi connectivity index (χ4n) is 2.47. The zero-order valence-corrected chi connectivity index (χ0v) is 11.7. The molecule has 1 aliphatic heterocycles. The predicted molar refractivity (Wildman–Crippen MR) is 72.3 cm³/mol. The monoisotopic (exact) mass is 243 g/mol. The molecule has 1 saturated heterocycles. The molecule has 0 radical (unpaired) electrons. The summed E-state index contributed by atoms with van der Waals surface area (Å²) < 4.78 is 0. The maximum absolute atomic E-state index is 9.34. The van der Waals surface area contributed by atoms with E-state index in [4.69, 9.17) is 0 Å². The molecule has 0 spiro atoms. The van der Waals surface area contributed by atoms with Crippen molar-refractivity contribution in [3.63, 3.8) is 0 Å². The van der Waals surface area contributed by atoms with E-state index in [-0.39, 0.29) is 12.6 Å². The molecule has 0 aromatic rings. The molecule has 1 rings (SSSR count). The molecule has 1 aliphatic rings. The molecular weight excluding hydrogens is 214 g/mol. The first-order valence-electron chi connectivity index (χ1n) is 6.90. The lowest BCUT2D eigenvalue weighted by molar-refractivity contribution is 0.120. The van der Waals surface area contributed by atoms with Crippen LogP contribution in [0.1, 0.15) is 26.2 Å². The Kier molecular flexibility index (Phi) is 7.04. The van der Waals surface area contributed by atoms with Crippen molar-refractivity contribution in [1.29, 1.82) is 0 Å². The Balaban J connectivity index is 2.28. The number of aliphatic hydroxyl groups excluding tert-OH is 1. The van der Waals surface area contributed by atoms with Crippen LogP contribution in [0.4, 0.5) is 0 Å². The Morgan fingerprint density at radius 1 is 1.41 bits per heavy atom. The van der Waals surface area contributed by atoms with Crippen LogP contribution in [0.2, 0.25) is 0 Å². The molecule has 0 aromatic heterocycles. The van der Waals surface area contributed by atoms with E-state index in [9.17, 15) is 5.11 Å². The van der Waals surface area contributed by atoms with Gasteiger partial charge in [-0.05, 0) is 53.0 Å². The molecular formula is C13H29N3O. The first kappa shape index (κ1) is 14.9. The summed E-state index contributed by atoms with van der Waals surface area (Å²) in [5.41, 5.74) is 0. The van der Waals surface area contributed by atoms with Gasteiger partial charge in [0.25, 0.3) is 0 Å². The lowest BCUT2D eigenvalue weighted by Gasteiger charge is -2.36. The van der Waals surface area contributed by atoms with E-state index in [0.717, 1.165) is 19.5 Å². The number of hydrogen-bond acceptors (Lipinski definition) is 4. The third-order valence-corrected chi connectivity index (χ3v) is 3.72. The van der Waals surface area contributed by atoms with Crippen LogP contribution in [0.5, 0.6) is 0 Å². The van der Waals surface area contributed by atoms with Crippen molar-refractivity contribution in [3.8, 4) is 0 Å². The van der Waals surface area contributed by atoms with Crippen LogP contribution in [-0.2, 0) is 0 Å². The van der Waals surface area contributed by atoms with Crippen LogP contribution < -0.4 is 5.32 Å². The zero-order chi connectivity index (χ0) is 12.7. The number of aliphatic hydroxyl groups is 1. The smallest absolute Gasteiger partial charge is 0.0597 e. The number of likely N-dealkylation sites (tertiary alicyclic amines) is 1. The molecule has 1 atom stereocenters. The first-order valence-corrected chi connectivity index (χ1v) is 6.90. The van der Waals surface area contributed by atoms with Gasteiger partial charge >= 0.3 is 0 Å². The van der Waals surface area contributed by atoms with Gasteiger partial charge in [-0.3, -0.25) is 0 Å². The number of rotatable bonds is 7. The number of nitrogens with one attached hydrogen (secondary N) is 1. The fraction of sp³-hybridized carbons (Fsp3) is 1.00. The summed E-state index contributed by atoms with van der Waals surface area (Å²) in [4.78, 5) is 4.81. The van der Waals surface area contributed by atoms with Crippen LogP contribution in [0, 0.1) is 0 Å². The van der Waals surface area contributed by atoms with Crippen molar-refractivity contribution in [1.82, 2.24) is 15.1 Å². The Bertz CT molecular complexity index is 193. The Labute approximate surface area is 106 Å². The summed E-state index contributed by atoms with van der Waals surface area (Å²) >= 11 is 0. The standard InChI is InChI=1S/C13H29N3O/c1-4-7-14-12(11-17)10-16(3)13-5-8-15(2)9-6-13/h12-14,17H,4-11H2,1-3H3. The largest absolute Gasteiger partial charge is 0.395 e. The molecule has 4 nitrogen and oxygen atoms in total. The molecule has 17 heavy (non-hydrogen) atoms. The molecule has 1 fully saturated rings. The summed E-state index contributed by atoms with van der Waals surface area (Å²) in [6, 6.07) is 0.906. The van der Waals surface area contributed by atoms with Gasteiger partial charge in [0.1, 0.15) is 0 Å². The minimum Gasteiger partial charge on any atom is -0.395 e. The molecule has 0 aliphatic carbocycles. The van der Waals surface area contributed by atoms with Gasteiger partial charge in [-0.1, -0.05) is 6.92 Å². The maximum Gasteiger partial charge on any atom is 0.0597 e. The van der Waals surface area contributed by atoms with Crippen LogP contribution >= 0.6 is 0 Å². The average molecular weight is 243 g/mol. The molecule has 1 heterocycles. The van der Waals surface area contributed by atoms with E-state index < -0.39 is 0 Å². The second-order valence-corrected chi connectivity index (χ2v) is 5.31.